The van der Waals surface area contributed by atoms with E-state index in [0.29, 0.717) is 11.3 Å². The molecule has 2 nitrogen and oxygen atoms in total. The molecule has 45 valence electrons. The van der Waals surface area contributed by atoms with Gasteiger partial charge in [0.05, 0.1) is 16.6 Å². The number of rotatable bonds is 1. The number of pyridine rings is 1. The van der Waals surface area contributed by atoms with Crippen LogP contribution in [0.2, 0.25) is 0 Å². The first-order valence-electron chi connectivity index (χ1n) is 2.38. The molecule has 0 saturated heterocycles. The van der Waals surface area contributed by atoms with Crippen LogP contribution in [0.1, 0.15) is 5.56 Å². The Morgan fingerprint density at radius 3 is 3.11 bits per heavy atom. The van der Waals surface area contributed by atoms with E-state index in [0.717, 1.165) is 5.56 Å². The van der Waals surface area contributed by atoms with Gasteiger partial charge < -0.3 is 0 Å². The molecule has 1 heterocycles. The van der Waals surface area contributed by atoms with Crippen molar-refractivity contribution in [3.8, 4) is 0 Å². The van der Waals surface area contributed by atoms with E-state index in [1.807, 2.05) is 0 Å². The second kappa shape index (κ2) is 3.14. The van der Waals surface area contributed by atoms with Gasteiger partial charge in [0, 0.05) is 18.0 Å². The predicted octanol–water partition coefficient (Wildman–Crippen LogP) is 0.322. The van der Waals surface area contributed by atoms with Crippen LogP contribution in [0.15, 0.2) is 24.5 Å². The lowest BCUT2D eigenvalue weighted by molar-refractivity contribution is 0.701. The Hall–Kier alpha value is -0.960. The first-order valence-corrected chi connectivity index (χ1v) is 3.12. The predicted molar refractivity (Wildman–Crippen MR) is 36.5 cm³/mol. The molecule has 0 aliphatic rings. The molecule has 0 atom stereocenters. The first-order chi connectivity index (χ1) is 4.43. The second-order valence-electron chi connectivity index (χ2n) is 1.43. The highest BCUT2D eigenvalue weighted by Gasteiger charge is 1.81. The molecule has 0 amide bonds. The van der Waals surface area contributed by atoms with Crippen molar-refractivity contribution in [3.05, 3.63) is 30.1 Å². The lowest BCUT2D eigenvalue weighted by Crippen LogP contribution is -1.78. The maximum atomic E-state index is 9.88. The zero-order chi connectivity index (χ0) is 6.53. The molecular weight excluding hydrogens is 134 g/mol. The zero-order valence-corrected chi connectivity index (χ0v) is 5.39. The van der Waals surface area contributed by atoms with Crippen LogP contribution in [0.3, 0.4) is 0 Å². The summed E-state index contributed by atoms with van der Waals surface area (Å²) in [7, 11) is 0. The molecule has 1 radical (unpaired) electrons. The van der Waals surface area contributed by atoms with Crippen LogP contribution in [0.5, 0.6) is 0 Å². The fourth-order valence-electron chi connectivity index (χ4n) is 0.471. The molecule has 1 aromatic rings. The Bertz CT molecular complexity index is 228. The molecule has 0 N–H and O–H groups in total. The topological polar surface area (TPSA) is 30.0 Å². The fourth-order valence-corrected chi connectivity index (χ4v) is 0.688. The van der Waals surface area contributed by atoms with Crippen LogP contribution in [0, 0.1) is 0 Å². The van der Waals surface area contributed by atoms with Gasteiger partial charge in [0.25, 0.3) is 0 Å². The summed E-state index contributed by atoms with van der Waals surface area (Å²) in [6.45, 7) is 0. The summed E-state index contributed by atoms with van der Waals surface area (Å²) in [6.07, 6.45) is 3.24. The molecule has 0 aromatic carbocycles. The van der Waals surface area contributed by atoms with Crippen LogP contribution in [-0.2, 0) is 11.3 Å². The lowest BCUT2D eigenvalue weighted by Gasteiger charge is -1.82. The van der Waals surface area contributed by atoms with E-state index in [1.165, 1.54) is 0 Å². The van der Waals surface area contributed by atoms with Gasteiger partial charge in [-0.25, -0.2) is 4.21 Å². The smallest absolute Gasteiger partial charge is 0.0988 e. The molecule has 0 fully saturated rings. The van der Waals surface area contributed by atoms with Gasteiger partial charge in [-0.2, -0.15) is 0 Å². The Morgan fingerprint density at radius 1 is 1.67 bits per heavy atom. The third-order valence-electron chi connectivity index (χ3n) is 0.821. The van der Waals surface area contributed by atoms with Crippen LogP contribution in [-0.4, -0.2) is 14.6 Å². The molecule has 0 unspecified atom stereocenters. The maximum Gasteiger partial charge on any atom is 0.0988 e. The van der Waals surface area contributed by atoms with E-state index in [1.54, 1.807) is 24.5 Å². The molecule has 0 spiro atoms. The van der Waals surface area contributed by atoms with E-state index in [-0.39, 0.29) is 0 Å². The summed E-state index contributed by atoms with van der Waals surface area (Å²) in [5, 5.41) is 2.51. The van der Waals surface area contributed by atoms with Crippen LogP contribution >= 0.6 is 0 Å². The molecule has 0 bridgehead atoms. The van der Waals surface area contributed by atoms with E-state index in [9.17, 15) is 4.21 Å². The first kappa shape index (κ1) is 6.16. The van der Waals surface area contributed by atoms with Crippen LogP contribution < -0.4 is 0 Å². The van der Waals surface area contributed by atoms with Gasteiger partial charge in [-0.15, -0.1) is 0 Å². The van der Waals surface area contributed by atoms with Crippen molar-refractivity contribution in [2.24, 2.45) is 0 Å². The van der Waals surface area contributed by atoms with Gasteiger partial charge in [0.15, 0.2) is 0 Å². The molecule has 0 aliphatic carbocycles. The Morgan fingerprint density at radius 2 is 2.56 bits per heavy atom. The standard InChI is InChI=1S/C6H4NOS/c8-9-5-6-2-1-3-7-4-6/h1-4H. The van der Waals surface area contributed by atoms with Crippen LogP contribution in [0.4, 0.5) is 0 Å². The third-order valence-corrected chi connectivity index (χ3v) is 1.14. The lowest BCUT2D eigenvalue weighted by atomic mass is 10.3. The summed E-state index contributed by atoms with van der Waals surface area (Å²) in [4.78, 5) is 3.79. The van der Waals surface area contributed by atoms with E-state index >= 15 is 0 Å². The zero-order valence-electron chi connectivity index (χ0n) is 4.57. The highest BCUT2D eigenvalue weighted by molar-refractivity contribution is 7.65. The molecule has 3 heteroatoms. The van der Waals surface area contributed by atoms with E-state index in [4.69, 9.17) is 0 Å². The van der Waals surface area contributed by atoms with Gasteiger partial charge in [-0.1, -0.05) is 6.07 Å². The molecule has 9 heavy (non-hydrogen) atoms. The summed E-state index contributed by atoms with van der Waals surface area (Å²) in [5.41, 5.74) is 0.734. The van der Waals surface area contributed by atoms with Gasteiger partial charge >= 0.3 is 0 Å². The van der Waals surface area contributed by atoms with Crippen molar-refractivity contribution >= 4 is 16.6 Å². The minimum Gasteiger partial charge on any atom is -0.264 e. The van der Waals surface area contributed by atoms with Crippen molar-refractivity contribution in [1.82, 2.24) is 4.98 Å². The third kappa shape index (κ3) is 1.77. The van der Waals surface area contributed by atoms with Crippen molar-refractivity contribution in [2.45, 2.75) is 0 Å². The number of hydrogen-bond acceptors (Lipinski definition) is 2. The van der Waals surface area contributed by atoms with Gasteiger partial charge in [-0.05, 0) is 6.07 Å². The minimum absolute atomic E-state index is 0.315. The number of nitrogens with zero attached hydrogens (tertiary/aromatic N) is 1. The Balaban J connectivity index is 2.97. The van der Waals surface area contributed by atoms with Crippen molar-refractivity contribution < 1.29 is 4.21 Å². The van der Waals surface area contributed by atoms with Crippen molar-refractivity contribution in [3.63, 3.8) is 0 Å². The number of hydrogen-bond donors (Lipinski definition) is 0. The van der Waals surface area contributed by atoms with Crippen molar-refractivity contribution in [2.75, 3.05) is 0 Å². The van der Waals surface area contributed by atoms with Crippen molar-refractivity contribution in [1.29, 1.82) is 0 Å². The highest BCUT2D eigenvalue weighted by atomic mass is 32.1. The summed E-state index contributed by atoms with van der Waals surface area (Å²) in [6, 6.07) is 3.54. The number of aromatic nitrogens is 1. The summed E-state index contributed by atoms with van der Waals surface area (Å²) >= 11 is 0.315. The molecule has 0 saturated carbocycles. The summed E-state index contributed by atoms with van der Waals surface area (Å²) in [5.74, 6) is 0. The molecule has 1 rings (SSSR count). The highest BCUT2D eigenvalue weighted by Crippen LogP contribution is 1.87. The average molecular weight is 138 g/mol. The normalized spacial score (nSPS) is 8.44. The van der Waals surface area contributed by atoms with Crippen LogP contribution in [0.25, 0.3) is 0 Å². The van der Waals surface area contributed by atoms with E-state index < -0.39 is 0 Å². The monoisotopic (exact) mass is 138 g/mol. The van der Waals surface area contributed by atoms with E-state index in [2.05, 4.69) is 10.4 Å². The SMILES string of the molecule is O=S=[C]c1cccnc1. The Labute approximate surface area is 56.6 Å². The largest absolute Gasteiger partial charge is 0.264 e. The second-order valence-corrected chi connectivity index (χ2v) is 1.80. The average Bonchev–Trinajstić information content (AvgIpc) is 1.91. The summed E-state index contributed by atoms with van der Waals surface area (Å²) < 4.78 is 9.88. The van der Waals surface area contributed by atoms with Gasteiger partial charge in [0.1, 0.15) is 0 Å². The molecule has 0 aliphatic heterocycles. The Kier molecular flexibility index (Phi) is 2.15. The fraction of sp³-hybridized carbons (Fsp3) is 0. The van der Waals surface area contributed by atoms with Gasteiger partial charge in [-0.3, -0.25) is 4.98 Å². The van der Waals surface area contributed by atoms with Gasteiger partial charge in [0.2, 0.25) is 0 Å². The molecular formula is C6H4NOS. The maximum absolute atomic E-state index is 9.88. The molecule has 1 aromatic heterocycles. The minimum atomic E-state index is 0.315. The quantitative estimate of drug-likeness (QED) is 0.523.